The largest absolute Gasteiger partial charge is 0.361 e. The van der Waals surface area contributed by atoms with Gasteiger partial charge in [0.05, 0.1) is 10.0 Å². The number of likely N-dealkylation sites (N-methyl/N-ethyl adjacent to an activating group) is 1. The Bertz CT molecular complexity index is 857. The van der Waals surface area contributed by atoms with Gasteiger partial charge >= 0.3 is 0 Å². The number of carbonyl (C=O) groups excluding carboxylic acids is 1. The molecule has 0 bridgehead atoms. The molecular weight excluding hydrogens is 331 g/mol. The van der Waals surface area contributed by atoms with E-state index in [2.05, 4.69) is 11.1 Å². The molecule has 3 rings (SSSR count). The van der Waals surface area contributed by atoms with E-state index in [-0.39, 0.29) is 5.91 Å². The predicted molar refractivity (Wildman–Crippen MR) is 95.4 cm³/mol. The van der Waals surface area contributed by atoms with Crippen molar-refractivity contribution < 1.29 is 4.79 Å². The van der Waals surface area contributed by atoms with Gasteiger partial charge in [0, 0.05) is 36.3 Å². The van der Waals surface area contributed by atoms with Gasteiger partial charge in [-0.05, 0) is 36.2 Å². The Morgan fingerprint density at radius 3 is 2.70 bits per heavy atom. The third kappa shape index (κ3) is 3.36. The van der Waals surface area contributed by atoms with Crippen molar-refractivity contribution in [2.45, 2.75) is 6.42 Å². The molecule has 118 valence electrons. The van der Waals surface area contributed by atoms with Crippen LogP contribution in [0.1, 0.15) is 15.9 Å². The fraction of sp³-hybridized carbons (Fsp3) is 0.167. The van der Waals surface area contributed by atoms with Gasteiger partial charge in [0.2, 0.25) is 0 Å². The van der Waals surface area contributed by atoms with Crippen LogP contribution in [0.15, 0.2) is 48.7 Å². The molecule has 2 aromatic carbocycles. The lowest BCUT2D eigenvalue weighted by atomic mass is 10.1. The van der Waals surface area contributed by atoms with Gasteiger partial charge in [0.1, 0.15) is 0 Å². The number of aromatic amines is 1. The minimum absolute atomic E-state index is 0.0663. The molecule has 5 heteroatoms. The van der Waals surface area contributed by atoms with Crippen LogP contribution in [-0.2, 0) is 6.42 Å². The summed E-state index contributed by atoms with van der Waals surface area (Å²) in [5.41, 5.74) is 2.86. The average molecular weight is 347 g/mol. The highest BCUT2D eigenvalue weighted by molar-refractivity contribution is 6.42. The molecule has 0 saturated heterocycles. The van der Waals surface area contributed by atoms with Crippen LogP contribution in [0.25, 0.3) is 10.9 Å². The molecule has 0 aliphatic rings. The highest BCUT2D eigenvalue weighted by Gasteiger charge is 2.14. The van der Waals surface area contributed by atoms with E-state index in [9.17, 15) is 4.79 Å². The number of halogens is 2. The van der Waals surface area contributed by atoms with Crippen LogP contribution in [0.4, 0.5) is 0 Å². The number of rotatable bonds is 4. The summed E-state index contributed by atoms with van der Waals surface area (Å²) in [5, 5.41) is 2.04. The van der Waals surface area contributed by atoms with E-state index in [1.807, 2.05) is 24.4 Å². The van der Waals surface area contributed by atoms with Crippen LogP contribution in [0, 0.1) is 0 Å². The molecule has 0 aliphatic heterocycles. The molecule has 0 fully saturated rings. The molecule has 1 N–H and O–H groups in total. The Balaban J connectivity index is 1.70. The van der Waals surface area contributed by atoms with Gasteiger partial charge in [-0.3, -0.25) is 4.79 Å². The first-order valence-electron chi connectivity index (χ1n) is 7.32. The van der Waals surface area contributed by atoms with Crippen LogP contribution in [0.2, 0.25) is 10.0 Å². The first-order chi connectivity index (χ1) is 11.1. The molecule has 0 saturated carbocycles. The normalized spacial score (nSPS) is 10.9. The summed E-state index contributed by atoms with van der Waals surface area (Å²) in [4.78, 5) is 17.4. The van der Waals surface area contributed by atoms with Crippen LogP contribution < -0.4 is 0 Å². The molecule has 3 nitrogen and oxygen atoms in total. The van der Waals surface area contributed by atoms with Gasteiger partial charge in [-0.15, -0.1) is 0 Å². The summed E-state index contributed by atoms with van der Waals surface area (Å²) >= 11 is 11.9. The van der Waals surface area contributed by atoms with Crippen LogP contribution in [0.5, 0.6) is 0 Å². The fourth-order valence-corrected chi connectivity index (χ4v) is 2.88. The SMILES string of the molecule is CN(CCc1c[nH]c2ccccc12)C(=O)c1ccc(Cl)c(Cl)c1. The number of aromatic nitrogens is 1. The maximum atomic E-state index is 12.4. The Kier molecular flexibility index (Phi) is 4.60. The number of nitrogens with one attached hydrogen (secondary N) is 1. The van der Waals surface area contributed by atoms with Crippen LogP contribution in [-0.4, -0.2) is 29.4 Å². The Hall–Kier alpha value is -1.97. The van der Waals surface area contributed by atoms with Crippen molar-refractivity contribution in [1.82, 2.24) is 9.88 Å². The van der Waals surface area contributed by atoms with Crippen molar-refractivity contribution >= 4 is 40.0 Å². The van der Waals surface area contributed by atoms with E-state index in [4.69, 9.17) is 23.2 Å². The first kappa shape index (κ1) is 15.9. The number of benzene rings is 2. The second kappa shape index (κ2) is 6.65. The van der Waals surface area contributed by atoms with Gasteiger partial charge in [0.15, 0.2) is 0 Å². The van der Waals surface area contributed by atoms with Crippen molar-refractivity contribution in [3.05, 3.63) is 69.8 Å². The summed E-state index contributed by atoms with van der Waals surface area (Å²) in [6.07, 6.45) is 2.79. The number of hydrogen-bond donors (Lipinski definition) is 1. The number of para-hydroxylation sites is 1. The van der Waals surface area contributed by atoms with Crippen LogP contribution in [0.3, 0.4) is 0 Å². The number of hydrogen-bond acceptors (Lipinski definition) is 1. The van der Waals surface area contributed by atoms with Crippen molar-refractivity contribution in [3.8, 4) is 0 Å². The first-order valence-corrected chi connectivity index (χ1v) is 8.07. The van der Waals surface area contributed by atoms with E-state index >= 15 is 0 Å². The smallest absolute Gasteiger partial charge is 0.253 e. The summed E-state index contributed by atoms with van der Waals surface area (Å²) in [5.74, 6) is -0.0663. The molecule has 0 radical (unpaired) electrons. The molecule has 1 amide bonds. The van der Waals surface area contributed by atoms with Gasteiger partial charge in [-0.1, -0.05) is 41.4 Å². The molecule has 1 heterocycles. The Morgan fingerprint density at radius 2 is 1.91 bits per heavy atom. The third-order valence-electron chi connectivity index (χ3n) is 3.90. The van der Waals surface area contributed by atoms with E-state index < -0.39 is 0 Å². The Labute approximate surface area is 144 Å². The minimum atomic E-state index is -0.0663. The zero-order chi connectivity index (χ0) is 16.4. The van der Waals surface area contributed by atoms with Crippen molar-refractivity contribution in [2.75, 3.05) is 13.6 Å². The second-order valence-electron chi connectivity index (χ2n) is 5.47. The number of carbonyl (C=O) groups is 1. The number of fused-ring (bicyclic) bond motifs is 1. The quantitative estimate of drug-likeness (QED) is 0.724. The summed E-state index contributed by atoms with van der Waals surface area (Å²) < 4.78 is 0. The zero-order valence-electron chi connectivity index (χ0n) is 12.6. The standard InChI is InChI=1S/C18H16Cl2N2O/c1-22(18(23)12-6-7-15(19)16(20)10-12)9-8-13-11-21-17-5-3-2-4-14(13)17/h2-7,10-11,21H,8-9H2,1H3. The highest BCUT2D eigenvalue weighted by atomic mass is 35.5. The number of amides is 1. The monoisotopic (exact) mass is 346 g/mol. The lowest BCUT2D eigenvalue weighted by molar-refractivity contribution is 0.0796. The maximum absolute atomic E-state index is 12.4. The average Bonchev–Trinajstić information content (AvgIpc) is 2.97. The lowest BCUT2D eigenvalue weighted by Gasteiger charge is -2.17. The van der Waals surface area contributed by atoms with Gasteiger partial charge in [-0.25, -0.2) is 0 Å². The molecule has 0 spiro atoms. The lowest BCUT2D eigenvalue weighted by Crippen LogP contribution is -2.28. The fourth-order valence-electron chi connectivity index (χ4n) is 2.58. The summed E-state index contributed by atoms with van der Waals surface area (Å²) in [7, 11) is 1.79. The third-order valence-corrected chi connectivity index (χ3v) is 4.64. The summed E-state index contributed by atoms with van der Waals surface area (Å²) in [6.45, 7) is 0.626. The molecule has 0 aliphatic carbocycles. The summed E-state index contributed by atoms with van der Waals surface area (Å²) in [6, 6.07) is 13.1. The molecule has 23 heavy (non-hydrogen) atoms. The molecule has 0 atom stereocenters. The topological polar surface area (TPSA) is 36.1 Å². The van der Waals surface area contributed by atoms with Crippen molar-refractivity contribution in [2.24, 2.45) is 0 Å². The second-order valence-corrected chi connectivity index (χ2v) is 6.28. The number of nitrogens with zero attached hydrogens (tertiary/aromatic N) is 1. The van der Waals surface area contributed by atoms with Crippen molar-refractivity contribution in [3.63, 3.8) is 0 Å². The van der Waals surface area contributed by atoms with E-state index in [1.165, 1.54) is 10.9 Å². The van der Waals surface area contributed by atoms with Gasteiger partial charge in [-0.2, -0.15) is 0 Å². The molecule has 3 aromatic rings. The molecule has 1 aromatic heterocycles. The van der Waals surface area contributed by atoms with Gasteiger partial charge in [0.25, 0.3) is 5.91 Å². The Morgan fingerprint density at radius 1 is 1.13 bits per heavy atom. The van der Waals surface area contributed by atoms with Crippen molar-refractivity contribution in [1.29, 1.82) is 0 Å². The molecular formula is C18H16Cl2N2O. The number of H-pyrrole nitrogens is 1. The van der Waals surface area contributed by atoms with Crippen LogP contribution >= 0.6 is 23.2 Å². The molecule has 0 unspecified atom stereocenters. The van der Waals surface area contributed by atoms with E-state index in [1.54, 1.807) is 30.1 Å². The minimum Gasteiger partial charge on any atom is -0.361 e. The predicted octanol–water partition coefficient (Wildman–Crippen LogP) is 4.79. The highest BCUT2D eigenvalue weighted by Crippen LogP contribution is 2.23. The van der Waals surface area contributed by atoms with E-state index in [0.717, 1.165) is 11.9 Å². The maximum Gasteiger partial charge on any atom is 0.253 e. The van der Waals surface area contributed by atoms with E-state index in [0.29, 0.717) is 22.2 Å². The zero-order valence-corrected chi connectivity index (χ0v) is 14.2. The van der Waals surface area contributed by atoms with Gasteiger partial charge < -0.3 is 9.88 Å².